The summed E-state index contributed by atoms with van der Waals surface area (Å²) in [5.74, 6) is -1.19. The van der Waals surface area contributed by atoms with Crippen molar-refractivity contribution in [1.82, 2.24) is 9.47 Å². The Balaban J connectivity index is 2.24. The number of amides is 1. The van der Waals surface area contributed by atoms with Crippen LogP contribution < -0.4 is 0 Å². The molecule has 3 aromatic rings. The highest BCUT2D eigenvalue weighted by atomic mass is 35.5. The molecule has 0 bridgehead atoms. The summed E-state index contributed by atoms with van der Waals surface area (Å²) in [6.45, 7) is 16.1. The van der Waals surface area contributed by atoms with Crippen LogP contribution in [0.5, 0.6) is 0 Å². The van der Waals surface area contributed by atoms with Crippen LogP contribution in [0.2, 0.25) is 25.7 Å². The van der Waals surface area contributed by atoms with Gasteiger partial charge in [0.2, 0.25) is 5.91 Å². The van der Waals surface area contributed by atoms with E-state index in [1.165, 1.54) is 6.07 Å². The summed E-state index contributed by atoms with van der Waals surface area (Å²) in [6, 6.07) is 16.3. The normalized spacial score (nSPS) is 13.8. The molecule has 0 saturated carbocycles. The van der Waals surface area contributed by atoms with Gasteiger partial charge in [-0.1, -0.05) is 83.7 Å². The Labute approximate surface area is 239 Å². The van der Waals surface area contributed by atoms with Crippen LogP contribution in [-0.2, 0) is 11.3 Å². The van der Waals surface area contributed by atoms with Gasteiger partial charge in [0, 0.05) is 43.7 Å². The Morgan fingerprint density at radius 3 is 2.28 bits per heavy atom. The van der Waals surface area contributed by atoms with Crippen molar-refractivity contribution in [2.45, 2.75) is 84.9 Å². The first kappa shape index (κ1) is 31.1. The van der Waals surface area contributed by atoms with Crippen molar-refractivity contribution in [1.29, 1.82) is 0 Å². The van der Waals surface area contributed by atoms with E-state index in [0.717, 1.165) is 42.3 Å². The van der Waals surface area contributed by atoms with Crippen LogP contribution in [0.1, 0.15) is 57.8 Å². The first-order valence-corrected chi connectivity index (χ1v) is 18.1. The van der Waals surface area contributed by atoms with Gasteiger partial charge in [-0.05, 0) is 48.1 Å². The number of carbonyl (C=O) groups is 1. The van der Waals surface area contributed by atoms with E-state index in [0.29, 0.717) is 12.1 Å². The van der Waals surface area contributed by atoms with Gasteiger partial charge in [0.1, 0.15) is 17.5 Å². The molecule has 1 unspecified atom stereocenters. The Bertz CT molecular complexity index is 1250. The maximum Gasteiger partial charge on any atom is 0.238 e. The number of hydrogen-bond acceptors (Lipinski definition) is 1. The van der Waals surface area contributed by atoms with Crippen molar-refractivity contribution >= 4 is 25.6 Å². The fourth-order valence-corrected chi connectivity index (χ4v) is 6.65. The third-order valence-electron chi connectivity index (χ3n) is 7.24. The van der Waals surface area contributed by atoms with Crippen molar-refractivity contribution in [3.05, 3.63) is 83.7 Å². The topological polar surface area (TPSA) is 25.2 Å². The molecule has 0 aliphatic heterocycles. The minimum atomic E-state index is -1.35. The zero-order chi connectivity index (χ0) is 29.0. The molecule has 7 heteroatoms. The minimum absolute atomic E-state index is 0.0154. The molecule has 0 N–H and O–H groups in total. The lowest BCUT2D eigenvalue weighted by Crippen LogP contribution is -2.48. The van der Waals surface area contributed by atoms with Gasteiger partial charge in [-0.3, -0.25) is 4.79 Å². The molecule has 0 saturated heterocycles. The molecule has 1 aromatic heterocycles. The number of alkyl halides is 1. The van der Waals surface area contributed by atoms with Crippen molar-refractivity contribution in [2.24, 2.45) is 5.41 Å². The lowest BCUT2D eigenvalue weighted by Gasteiger charge is -2.45. The monoisotopic (exact) mass is 572 g/mol. The number of carbonyl (C=O) groups excluding carboxylic acids is 1. The quantitative estimate of drug-likeness (QED) is 0.166. The average molecular weight is 573 g/mol. The molecule has 2 atom stereocenters. The highest BCUT2D eigenvalue weighted by Crippen LogP contribution is 2.43. The van der Waals surface area contributed by atoms with Crippen molar-refractivity contribution in [3.63, 3.8) is 0 Å². The van der Waals surface area contributed by atoms with Gasteiger partial charge < -0.3 is 9.47 Å². The molecule has 0 spiro atoms. The fourth-order valence-electron chi connectivity index (χ4n) is 5.31. The molecule has 2 aromatic carbocycles. The minimum Gasteiger partial charge on any atom is -0.344 e. The molecule has 3 nitrogen and oxygen atoms in total. The Hall–Kier alpha value is -2.44. The predicted molar refractivity (Wildman–Crippen MR) is 162 cm³/mol. The molecule has 39 heavy (non-hydrogen) atoms. The summed E-state index contributed by atoms with van der Waals surface area (Å²) in [7, 11) is -1.35. The molecular weight excluding hydrogens is 530 g/mol. The van der Waals surface area contributed by atoms with Crippen LogP contribution in [0.15, 0.2) is 60.8 Å². The van der Waals surface area contributed by atoms with Crippen LogP contribution >= 0.6 is 11.6 Å². The largest absolute Gasteiger partial charge is 0.344 e. The molecule has 0 radical (unpaired) electrons. The number of hydrogen-bond donors (Lipinski definition) is 0. The molecule has 0 aliphatic carbocycles. The van der Waals surface area contributed by atoms with E-state index in [9.17, 15) is 13.6 Å². The first-order chi connectivity index (χ1) is 18.2. The third kappa shape index (κ3) is 8.04. The summed E-state index contributed by atoms with van der Waals surface area (Å²) in [5.41, 5.74) is 2.39. The highest BCUT2D eigenvalue weighted by Gasteiger charge is 2.40. The Kier molecular flexibility index (Phi) is 10.2. The smallest absolute Gasteiger partial charge is 0.238 e. The molecule has 0 fully saturated rings. The maximum atomic E-state index is 14.9. The summed E-state index contributed by atoms with van der Waals surface area (Å²) < 4.78 is 31.2. The van der Waals surface area contributed by atoms with Gasteiger partial charge in [-0.2, -0.15) is 0 Å². The number of benzene rings is 2. The second kappa shape index (κ2) is 12.8. The fraction of sp³-hybridized carbons (Fsp3) is 0.469. The number of halogens is 3. The average Bonchev–Trinajstić information content (AvgIpc) is 3.26. The summed E-state index contributed by atoms with van der Waals surface area (Å²) >= 11 is 6.25. The van der Waals surface area contributed by atoms with Gasteiger partial charge in [0.25, 0.3) is 0 Å². The van der Waals surface area contributed by atoms with Crippen molar-refractivity contribution < 1.29 is 13.6 Å². The van der Waals surface area contributed by atoms with Crippen LogP contribution in [0.3, 0.4) is 0 Å². The van der Waals surface area contributed by atoms with Gasteiger partial charge >= 0.3 is 0 Å². The molecule has 1 amide bonds. The van der Waals surface area contributed by atoms with Crippen LogP contribution in [0.4, 0.5) is 8.78 Å². The van der Waals surface area contributed by atoms with Crippen molar-refractivity contribution in [2.75, 3.05) is 5.88 Å². The first-order valence-electron chi connectivity index (χ1n) is 13.8. The predicted octanol–water partition coefficient (Wildman–Crippen LogP) is 9.14. The molecule has 1 heterocycles. The third-order valence-corrected chi connectivity index (χ3v) is 9.26. The highest BCUT2D eigenvalue weighted by molar-refractivity contribution is 6.76. The van der Waals surface area contributed by atoms with E-state index in [4.69, 9.17) is 11.6 Å². The molecule has 212 valence electrons. The van der Waals surface area contributed by atoms with E-state index in [-0.39, 0.29) is 34.8 Å². The zero-order valence-electron chi connectivity index (χ0n) is 24.4. The number of aromatic nitrogens is 1. The Morgan fingerprint density at radius 2 is 1.72 bits per heavy atom. The van der Waals surface area contributed by atoms with E-state index < -0.39 is 19.7 Å². The lowest BCUT2D eigenvalue weighted by atomic mass is 9.82. The maximum absolute atomic E-state index is 14.9. The molecular formula is C32H43ClF2N2OSi. The second-order valence-electron chi connectivity index (χ2n) is 12.8. The second-order valence-corrected chi connectivity index (χ2v) is 18.6. The Morgan fingerprint density at radius 1 is 1.05 bits per heavy atom. The molecule has 0 aliphatic rings. The molecule has 3 rings (SSSR count). The van der Waals surface area contributed by atoms with Gasteiger partial charge in [0.15, 0.2) is 0 Å². The summed E-state index contributed by atoms with van der Waals surface area (Å²) in [6.07, 6.45) is 3.60. The number of nitrogens with zero attached hydrogens (tertiary/aromatic N) is 2. The summed E-state index contributed by atoms with van der Waals surface area (Å²) in [4.78, 5) is 15.6. The van der Waals surface area contributed by atoms with Gasteiger partial charge in [-0.15, -0.1) is 11.6 Å². The van der Waals surface area contributed by atoms with Crippen molar-refractivity contribution in [3.8, 4) is 11.1 Å². The lowest BCUT2D eigenvalue weighted by molar-refractivity contribution is -0.137. The van der Waals surface area contributed by atoms with E-state index >= 15 is 0 Å². The van der Waals surface area contributed by atoms with Gasteiger partial charge in [-0.25, -0.2) is 8.78 Å². The van der Waals surface area contributed by atoms with E-state index in [1.807, 2.05) is 47.5 Å². The van der Waals surface area contributed by atoms with Crippen LogP contribution in [-0.4, -0.2) is 35.4 Å². The number of rotatable bonds is 11. The summed E-state index contributed by atoms with van der Waals surface area (Å²) in [5, 5.41) is 0. The standard InChI is InChI=1S/C32H43ClF2N2OSi/c1-8-26(16-17-39(5,6)7)37(30(38)20-33)31(32(2,3)4)29-18-24(27-19-25(34)14-15-28(27)35)22-36(29)21-23-12-10-9-11-13-23/h9-15,18-19,22,26,31H,8,16-17,20-21H2,1-7H3/t26?,31-/m0/s1. The van der Waals surface area contributed by atoms with Crippen LogP contribution in [0.25, 0.3) is 11.1 Å². The van der Waals surface area contributed by atoms with Crippen LogP contribution in [0, 0.1) is 17.0 Å². The van der Waals surface area contributed by atoms with Gasteiger partial charge in [0.05, 0.1) is 6.04 Å². The SMILES string of the molecule is CCC(CC[Si](C)(C)C)N(C(=O)CCl)[C@@H](c1cc(-c2cc(F)ccc2F)cn1Cc1ccccc1)C(C)(C)C. The zero-order valence-corrected chi connectivity index (χ0v) is 26.2. The van der Waals surface area contributed by atoms with E-state index in [2.05, 4.69) is 51.9 Å². The van der Waals surface area contributed by atoms with E-state index in [1.54, 1.807) is 0 Å².